The molecule has 2 fully saturated rings. The molecule has 0 saturated heterocycles. The monoisotopic (exact) mass is 298 g/mol. The Hall–Kier alpha value is -1.91. The third-order valence-corrected chi connectivity index (χ3v) is 5.11. The number of aromatic nitrogens is 3. The van der Waals surface area contributed by atoms with E-state index in [1.165, 1.54) is 38.5 Å². The second-order valence-corrected chi connectivity index (χ2v) is 6.78. The molecule has 0 unspecified atom stereocenters. The largest absolute Gasteiger partial charge is 0.349 e. The number of aromatic amines is 1. The summed E-state index contributed by atoms with van der Waals surface area (Å²) in [5.41, 5.74) is 3.04. The Kier molecular flexibility index (Phi) is 3.36. The van der Waals surface area contributed by atoms with Crippen LogP contribution in [-0.2, 0) is 0 Å². The van der Waals surface area contributed by atoms with Gasteiger partial charge in [0.05, 0.1) is 17.5 Å². The van der Waals surface area contributed by atoms with Crippen molar-refractivity contribution in [2.75, 3.05) is 0 Å². The molecule has 2 saturated carbocycles. The van der Waals surface area contributed by atoms with Crippen molar-refractivity contribution in [2.24, 2.45) is 5.92 Å². The number of H-pyrrole nitrogens is 1. The van der Waals surface area contributed by atoms with Gasteiger partial charge in [-0.15, -0.1) is 0 Å². The zero-order valence-electron chi connectivity index (χ0n) is 12.9. The van der Waals surface area contributed by atoms with Crippen LogP contribution in [-0.4, -0.2) is 26.9 Å². The Labute approximate surface area is 129 Å². The summed E-state index contributed by atoms with van der Waals surface area (Å²) in [6.45, 7) is 2.12. The highest BCUT2D eigenvalue weighted by molar-refractivity contribution is 6.04. The minimum atomic E-state index is -0.0344. The van der Waals surface area contributed by atoms with Crippen LogP contribution < -0.4 is 5.32 Å². The third kappa shape index (κ3) is 2.49. The molecule has 2 heterocycles. The summed E-state index contributed by atoms with van der Waals surface area (Å²) >= 11 is 0. The van der Waals surface area contributed by atoms with Crippen LogP contribution >= 0.6 is 0 Å². The predicted molar refractivity (Wildman–Crippen MR) is 84.7 cm³/mol. The molecule has 0 radical (unpaired) electrons. The normalized spacial score (nSPS) is 20.4. The van der Waals surface area contributed by atoms with E-state index < -0.39 is 0 Å². The van der Waals surface area contributed by atoms with Gasteiger partial charge in [-0.1, -0.05) is 12.8 Å². The lowest BCUT2D eigenvalue weighted by Crippen LogP contribution is -2.37. The highest BCUT2D eigenvalue weighted by Crippen LogP contribution is 2.39. The van der Waals surface area contributed by atoms with Gasteiger partial charge in [0.15, 0.2) is 5.65 Å². The van der Waals surface area contributed by atoms with Crippen LogP contribution in [0.15, 0.2) is 12.4 Å². The first-order valence-corrected chi connectivity index (χ1v) is 8.37. The van der Waals surface area contributed by atoms with Crippen molar-refractivity contribution in [3.8, 4) is 0 Å². The molecule has 2 aromatic rings. The lowest BCUT2D eigenvalue weighted by Gasteiger charge is -2.20. The lowest BCUT2D eigenvalue weighted by molar-refractivity contribution is 0.0929. The Balaban J connectivity index is 1.56. The third-order valence-electron chi connectivity index (χ3n) is 5.11. The molecule has 1 atom stereocenters. The quantitative estimate of drug-likeness (QED) is 0.911. The average Bonchev–Trinajstić information content (AvgIpc) is 3.06. The minimum Gasteiger partial charge on any atom is -0.349 e. The van der Waals surface area contributed by atoms with E-state index >= 15 is 0 Å². The summed E-state index contributed by atoms with van der Waals surface area (Å²) in [6.07, 6.45) is 11.0. The van der Waals surface area contributed by atoms with Crippen molar-refractivity contribution in [3.63, 3.8) is 0 Å². The van der Waals surface area contributed by atoms with E-state index in [4.69, 9.17) is 0 Å². The van der Waals surface area contributed by atoms with E-state index in [2.05, 4.69) is 27.2 Å². The first-order chi connectivity index (χ1) is 10.7. The molecule has 2 aliphatic rings. The summed E-state index contributed by atoms with van der Waals surface area (Å²) in [6, 6.07) is 0.222. The molecular formula is C17H22N4O. The van der Waals surface area contributed by atoms with Gasteiger partial charge in [0.2, 0.25) is 0 Å². The van der Waals surface area contributed by atoms with E-state index in [-0.39, 0.29) is 11.9 Å². The number of hydrogen-bond donors (Lipinski definition) is 2. The Morgan fingerprint density at radius 2 is 2.09 bits per heavy atom. The molecule has 5 nitrogen and oxygen atoms in total. The van der Waals surface area contributed by atoms with Crippen molar-refractivity contribution in [2.45, 2.75) is 57.4 Å². The Morgan fingerprint density at radius 3 is 2.82 bits per heavy atom. The van der Waals surface area contributed by atoms with Gasteiger partial charge in [0.25, 0.3) is 5.91 Å². The van der Waals surface area contributed by atoms with Crippen LogP contribution in [0.2, 0.25) is 0 Å². The average molecular weight is 298 g/mol. The number of nitrogens with one attached hydrogen (secondary N) is 2. The number of rotatable bonds is 4. The van der Waals surface area contributed by atoms with Crippen molar-refractivity contribution in [1.82, 2.24) is 20.3 Å². The Bertz CT molecular complexity index is 698. The molecule has 0 spiro atoms. The highest BCUT2D eigenvalue weighted by atomic mass is 16.1. The smallest absolute Gasteiger partial charge is 0.255 e. The predicted octanol–water partition coefficient (Wildman–Crippen LogP) is 3.14. The van der Waals surface area contributed by atoms with E-state index in [1.807, 2.05) is 6.20 Å². The van der Waals surface area contributed by atoms with Gasteiger partial charge in [-0.3, -0.25) is 4.79 Å². The van der Waals surface area contributed by atoms with Crippen LogP contribution in [0.4, 0.5) is 0 Å². The number of hydrogen-bond acceptors (Lipinski definition) is 3. The molecule has 5 heteroatoms. The number of amides is 1. The molecule has 0 aliphatic heterocycles. The number of carbonyl (C=O) groups excluding carboxylic acids is 1. The van der Waals surface area contributed by atoms with Gasteiger partial charge < -0.3 is 10.3 Å². The van der Waals surface area contributed by atoms with Crippen molar-refractivity contribution in [3.05, 3.63) is 23.7 Å². The molecule has 0 bridgehead atoms. The van der Waals surface area contributed by atoms with E-state index in [0.29, 0.717) is 28.6 Å². The van der Waals surface area contributed by atoms with Crippen LogP contribution in [0.3, 0.4) is 0 Å². The fourth-order valence-corrected chi connectivity index (χ4v) is 3.51. The van der Waals surface area contributed by atoms with Gasteiger partial charge in [0, 0.05) is 18.2 Å². The molecule has 2 aliphatic carbocycles. The molecule has 22 heavy (non-hydrogen) atoms. The van der Waals surface area contributed by atoms with Gasteiger partial charge in [-0.05, 0) is 38.5 Å². The van der Waals surface area contributed by atoms with Crippen LogP contribution in [0.1, 0.15) is 67.4 Å². The van der Waals surface area contributed by atoms with Gasteiger partial charge in [-0.25, -0.2) is 9.97 Å². The van der Waals surface area contributed by atoms with Crippen LogP contribution in [0, 0.1) is 5.92 Å². The lowest BCUT2D eigenvalue weighted by atomic mass is 9.99. The van der Waals surface area contributed by atoms with E-state index in [0.717, 1.165) is 5.69 Å². The molecule has 4 rings (SSSR count). The summed E-state index contributed by atoms with van der Waals surface area (Å²) < 4.78 is 0. The summed E-state index contributed by atoms with van der Waals surface area (Å²) in [7, 11) is 0. The first-order valence-electron chi connectivity index (χ1n) is 8.37. The molecule has 1 amide bonds. The maximum absolute atomic E-state index is 12.6. The summed E-state index contributed by atoms with van der Waals surface area (Å²) in [4.78, 5) is 24.7. The molecule has 0 aromatic carbocycles. The fraction of sp³-hybridized carbons (Fsp3) is 0.588. The summed E-state index contributed by atoms with van der Waals surface area (Å²) in [5.74, 6) is 1.12. The van der Waals surface area contributed by atoms with E-state index in [1.54, 1.807) is 6.20 Å². The van der Waals surface area contributed by atoms with Gasteiger partial charge in [0.1, 0.15) is 5.52 Å². The number of carbonyl (C=O) groups is 1. The highest BCUT2D eigenvalue weighted by Gasteiger charge is 2.27. The molecular weight excluding hydrogens is 276 g/mol. The van der Waals surface area contributed by atoms with Crippen LogP contribution in [0.5, 0.6) is 0 Å². The van der Waals surface area contributed by atoms with Crippen molar-refractivity contribution < 1.29 is 4.79 Å². The molecule has 116 valence electrons. The topological polar surface area (TPSA) is 70.7 Å². The zero-order chi connectivity index (χ0) is 15.1. The van der Waals surface area contributed by atoms with Crippen molar-refractivity contribution in [1.29, 1.82) is 0 Å². The van der Waals surface area contributed by atoms with Crippen LogP contribution in [0.25, 0.3) is 11.2 Å². The van der Waals surface area contributed by atoms with E-state index in [9.17, 15) is 4.79 Å². The van der Waals surface area contributed by atoms with Crippen molar-refractivity contribution >= 4 is 17.1 Å². The standard InChI is InChI=1S/C17H22N4O/c1-10(11-4-2-3-5-11)20-17(22)13-8-18-16-15(13)21-14(9-19-16)12-6-7-12/h8-12H,2-7H2,1H3,(H,18,19)(H,20,22)/t10-/m1/s1. The number of fused-ring (bicyclic) bond motifs is 1. The summed E-state index contributed by atoms with van der Waals surface area (Å²) in [5, 5.41) is 3.15. The minimum absolute atomic E-state index is 0.0344. The molecule has 2 aromatic heterocycles. The fourth-order valence-electron chi connectivity index (χ4n) is 3.51. The second-order valence-electron chi connectivity index (χ2n) is 6.78. The zero-order valence-corrected chi connectivity index (χ0v) is 12.9. The van der Waals surface area contributed by atoms with Gasteiger partial charge >= 0.3 is 0 Å². The first kappa shape index (κ1) is 13.7. The van der Waals surface area contributed by atoms with Gasteiger partial charge in [-0.2, -0.15) is 0 Å². The maximum atomic E-state index is 12.6. The maximum Gasteiger partial charge on any atom is 0.255 e. The SMILES string of the molecule is C[C@@H](NC(=O)c1c[nH]c2ncc(C3CC3)nc12)C1CCCC1. The molecule has 2 N–H and O–H groups in total. The second kappa shape index (κ2) is 5.38. The Morgan fingerprint density at radius 1 is 1.32 bits per heavy atom. The number of nitrogens with zero attached hydrogens (tertiary/aromatic N) is 2.